The van der Waals surface area contributed by atoms with Crippen LogP contribution in [0.25, 0.3) is 0 Å². The van der Waals surface area contributed by atoms with Crippen LogP contribution < -0.4 is 10.1 Å². The maximum Gasteiger partial charge on any atom is 0.270 e. The highest BCUT2D eigenvalue weighted by atomic mass is 16.6. The number of nitrogens with one attached hydrogen (secondary N) is 1. The molecule has 0 bridgehead atoms. The van der Waals surface area contributed by atoms with Gasteiger partial charge in [0.1, 0.15) is 5.75 Å². The topological polar surface area (TPSA) is 102 Å². The maximum absolute atomic E-state index is 11.5. The highest BCUT2D eigenvalue weighted by Gasteiger charge is 2.16. The van der Waals surface area contributed by atoms with Crippen LogP contribution in [0.2, 0.25) is 0 Å². The largest absolute Gasteiger partial charge is 0.483 e. The molecule has 0 aromatic heterocycles. The van der Waals surface area contributed by atoms with E-state index in [4.69, 9.17) is 4.74 Å². The molecule has 1 atom stereocenters. The van der Waals surface area contributed by atoms with Crippen molar-refractivity contribution in [2.75, 3.05) is 13.2 Å². The highest BCUT2D eigenvalue weighted by Crippen LogP contribution is 2.29. The number of hydrogen-bond acceptors (Lipinski definition) is 5. The van der Waals surface area contributed by atoms with Crippen molar-refractivity contribution in [1.29, 1.82) is 0 Å². The molecule has 21 heavy (non-hydrogen) atoms. The summed E-state index contributed by atoms with van der Waals surface area (Å²) in [7, 11) is 0. The number of non-ortho nitro benzene ring substituents is 1. The number of nitrogens with zero attached hydrogens (tertiary/aromatic N) is 1. The van der Waals surface area contributed by atoms with Crippen molar-refractivity contribution in [3.05, 3.63) is 33.9 Å². The van der Waals surface area contributed by atoms with Crippen LogP contribution in [0.1, 0.15) is 38.4 Å². The van der Waals surface area contributed by atoms with Crippen LogP contribution in [-0.4, -0.2) is 29.1 Å². The molecule has 2 N–H and O–H groups in total. The van der Waals surface area contributed by atoms with Crippen molar-refractivity contribution in [1.82, 2.24) is 5.32 Å². The number of nitro benzene ring substituents is 1. The molecule has 7 heteroatoms. The molecule has 0 fully saturated rings. The summed E-state index contributed by atoms with van der Waals surface area (Å²) in [5.41, 5.74) is 0.149. The lowest BCUT2D eigenvalue weighted by Crippen LogP contribution is -2.29. The molecule has 7 nitrogen and oxygen atoms in total. The Balaban J connectivity index is 2.70. The van der Waals surface area contributed by atoms with Crippen LogP contribution in [0.5, 0.6) is 5.75 Å². The van der Waals surface area contributed by atoms with Gasteiger partial charge in [0.15, 0.2) is 6.61 Å². The van der Waals surface area contributed by atoms with Gasteiger partial charge < -0.3 is 15.2 Å². The molecule has 1 aromatic carbocycles. The van der Waals surface area contributed by atoms with E-state index in [1.807, 2.05) is 6.92 Å². The summed E-state index contributed by atoms with van der Waals surface area (Å²) in [6.07, 6.45) is 0.945. The van der Waals surface area contributed by atoms with Crippen molar-refractivity contribution >= 4 is 11.6 Å². The van der Waals surface area contributed by atoms with Gasteiger partial charge in [-0.25, -0.2) is 0 Å². The Bertz CT molecular complexity index is 502. The zero-order valence-electron chi connectivity index (χ0n) is 12.2. The first-order valence-corrected chi connectivity index (χ1v) is 6.81. The second kappa shape index (κ2) is 8.21. The van der Waals surface area contributed by atoms with Crippen LogP contribution in [-0.2, 0) is 4.79 Å². The third-order valence-corrected chi connectivity index (χ3v) is 2.87. The Morgan fingerprint density at radius 3 is 2.81 bits per heavy atom. The number of rotatable bonds is 8. The van der Waals surface area contributed by atoms with Crippen LogP contribution in [0, 0.1) is 10.1 Å². The molecule has 0 aliphatic heterocycles. The summed E-state index contributed by atoms with van der Waals surface area (Å²) in [6.45, 7) is 3.89. The minimum Gasteiger partial charge on any atom is -0.483 e. The van der Waals surface area contributed by atoms with E-state index < -0.39 is 11.0 Å². The second-order valence-electron chi connectivity index (χ2n) is 4.65. The molecule has 1 rings (SSSR count). The standard InChI is InChI=1S/C14H20N2O5/c1-3-4-7-15-14(18)9-21-13-6-5-11(16(19)20)8-12(13)10(2)17/h5-6,8,10,17H,3-4,7,9H2,1-2H3,(H,15,18). The van der Waals surface area contributed by atoms with E-state index in [1.54, 1.807) is 0 Å². The minimum atomic E-state index is -0.928. The number of aliphatic hydroxyl groups is 1. The van der Waals surface area contributed by atoms with E-state index in [0.717, 1.165) is 12.8 Å². The summed E-state index contributed by atoms with van der Waals surface area (Å²) in [5, 5.41) is 23.1. The number of benzene rings is 1. The predicted octanol–water partition coefficient (Wildman–Crippen LogP) is 1.94. The number of amides is 1. The van der Waals surface area contributed by atoms with Gasteiger partial charge in [0, 0.05) is 24.2 Å². The molecule has 0 spiro atoms. The van der Waals surface area contributed by atoms with Crippen LogP contribution in [0.4, 0.5) is 5.69 Å². The van der Waals surface area contributed by atoms with Crippen molar-refractivity contribution in [2.24, 2.45) is 0 Å². The van der Waals surface area contributed by atoms with Gasteiger partial charge in [0.05, 0.1) is 11.0 Å². The molecule has 0 heterocycles. The molecule has 0 radical (unpaired) electrons. The van der Waals surface area contributed by atoms with E-state index in [2.05, 4.69) is 5.32 Å². The summed E-state index contributed by atoms with van der Waals surface area (Å²) < 4.78 is 5.33. The summed E-state index contributed by atoms with van der Waals surface area (Å²) in [5.74, 6) is -0.000382. The fraction of sp³-hybridized carbons (Fsp3) is 0.500. The van der Waals surface area contributed by atoms with Crippen LogP contribution in [0.15, 0.2) is 18.2 Å². The molecule has 1 amide bonds. The second-order valence-corrected chi connectivity index (χ2v) is 4.65. The Kier molecular flexibility index (Phi) is 6.61. The first-order chi connectivity index (χ1) is 9.95. The van der Waals surface area contributed by atoms with E-state index >= 15 is 0 Å². The molecular weight excluding hydrogens is 276 g/mol. The van der Waals surface area contributed by atoms with Gasteiger partial charge in [-0.1, -0.05) is 13.3 Å². The summed E-state index contributed by atoms with van der Waals surface area (Å²) in [6, 6.07) is 3.91. The lowest BCUT2D eigenvalue weighted by molar-refractivity contribution is -0.385. The molecule has 1 aromatic rings. The number of carbonyl (C=O) groups excluding carboxylic acids is 1. The van der Waals surface area contributed by atoms with Crippen LogP contribution in [0.3, 0.4) is 0 Å². The van der Waals surface area contributed by atoms with Gasteiger partial charge in [0.25, 0.3) is 11.6 Å². The normalized spacial score (nSPS) is 11.8. The first kappa shape index (κ1) is 16.9. The predicted molar refractivity (Wildman–Crippen MR) is 77.1 cm³/mol. The monoisotopic (exact) mass is 296 g/mol. The van der Waals surface area contributed by atoms with Gasteiger partial charge in [-0.05, 0) is 19.4 Å². The lowest BCUT2D eigenvalue weighted by Gasteiger charge is -2.13. The van der Waals surface area contributed by atoms with E-state index in [9.17, 15) is 20.0 Å². The number of carbonyl (C=O) groups is 1. The van der Waals surface area contributed by atoms with E-state index in [-0.39, 0.29) is 29.5 Å². The number of nitro groups is 1. The molecule has 0 saturated carbocycles. The van der Waals surface area contributed by atoms with Crippen molar-refractivity contribution in [3.8, 4) is 5.75 Å². The minimum absolute atomic E-state index is 0.134. The Hall–Kier alpha value is -2.15. The molecule has 116 valence electrons. The van der Waals surface area contributed by atoms with Gasteiger partial charge in [-0.3, -0.25) is 14.9 Å². The third-order valence-electron chi connectivity index (χ3n) is 2.87. The quantitative estimate of drug-likeness (QED) is 0.433. The van der Waals surface area contributed by atoms with Gasteiger partial charge in [-0.2, -0.15) is 0 Å². The van der Waals surface area contributed by atoms with Gasteiger partial charge >= 0.3 is 0 Å². The third kappa shape index (κ3) is 5.39. The fourth-order valence-electron chi connectivity index (χ4n) is 1.71. The first-order valence-electron chi connectivity index (χ1n) is 6.81. The Morgan fingerprint density at radius 1 is 1.52 bits per heavy atom. The number of unbranched alkanes of at least 4 members (excludes halogenated alkanes) is 1. The Morgan fingerprint density at radius 2 is 2.24 bits per heavy atom. The van der Waals surface area contributed by atoms with Gasteiger partial charge in [0.2, 0.25) is 0 Å². The van der Waals surface area contributed by atoms with Crippen molar-refractivity contribution in [2.45, 2.75) is 32.8 Å². The average Bonchev–Trinajstić information content (AvgIpc) is 2.45. The number of aliphatic hydroxyl groups excluding tert-OH is 1. The number of ether oxygens (including phenoxy) is 1. The fourth-order valence-corrected chi connectivity index (χ4v) is 1.71. The van der Waals surface area contributed by atoms with E-state index in [0.29, 0.717) is 6.54 Å². The Labute approximate surface area is 123 Å². The van der Waals surface area contributed by atoms with Gasteiger partial charge in [-0.15, -0.1) is 0 Å². The van der Waals surface area contributed by atoms with Crippen LogP contribution >= 0.6 is 0 Å². The molecular formula is C14H20N2O5. The zero-order chi connectivity index (χ0) is 15.8. The average molecular weight is 296 g/mol. The van der Waals surface area contributed by atoms with Crippen molar-refractivity contribution < 1.29 is 19.6 Å². The summed E-state index contributed by atoms with van der Waals surface area (Å²) in [4.78, 5) is 21.7. The number of hydrogen-bond donors (Lipinski definition) is 2. The molecule has 0 aliphatic carbocycles. The molecule has 1 unspecified atom stereocenters. The lowest BCUT2D eigenvalue weighted by atomic mass is 10.1. The zero-order valence-corrected chi connectivity index (χ0v) is 12.2. The smallest absolute Gasteiger partial charge is 0.270 e. The SMILES string of the molecule is CCCCNC(=O)COc1ccc([N+](=O)[O-])cc1C(C)O. The van der Waals surface area contributed by atoms with E-state index in [1.165, 1.54) is 25.1 Å². The maximum atomic E-state index is 11.5. The molecule has 0 saturated heterocycles. The molecule has 0 aliphatic rings. The summed E-state index contributed by atoms with van der Waals surface area (Å²) >= 11 is 0. The van der Waals surface area contributed by atoms with Crippen molar-refractivity contribution in [3.63, 3.8) is 0 Å². The highest BCUT2D eigenvalue weighted by molar-refractivity contribution is 5.77.